The number of hydrogen-bond acceptors (Lipinski definition) is 0. The molecule has 0 aromatic heterocycles. The highest BCUT2D eigenvalue weighted by molar-refractivity contribution is 5.28. The fraction of sp³-hybridized carbons (Fsp3) is 0.654. The first-order valence-electron chi connectivity index (χ1n) is 10.9. The zero-order valence-electron chi connectivity index (χ0n) is 18.9. The monoisotopic (exact) mass is 358 g/mol. The van der Waals surface area contributed by atoms with Crippen LogP contribution < -0.4 is 0 Å². The molecule has 150 valence electrons. The standard InChI is InChI=1S/C8H10.C8H18.C5H6.C3H6.C2H6/c1-6-2-3-7-5-8(7)4-6;1-3-5-7-8-6-4-2;1-5-3-2-4-5;1-3-2;1-2/h2-4,7-8H,5H2,1H3;3-8H2,1-2H3;2H,3H2,1H3;3H,1H2,2H3;1-2H3. The quantitative estimate of drug-likeness (QED) is 0.261. The zero-order valence-corrected chi connectivity index (χ0v) is 18.9. The Labute approximate surface area is 165 Å². The number of unbranched alkanes of at least 4 members (excludes halogenated alkanes) is 5. The molecule has 0 spiro atoms. The van der Waals surface area contributed by atoms with E-state index in [1.165, 1.54) is 62.5 Å². The van der Waals surface area contributed by atoms with Crippen molar-refractivity contribution in [1.29, 1.82) is 0 Å². The predicted octanol–water partition coefficient (Wildman–Crippen LogP) is 9.22. The van der Waals surface area contributed by atoms with Crippen molar-refractivity contribution in [2.75, 3.05) is 0 Å². The van der Waals surface area contributed by atoms with Gasteiger partial charge in [-0.3, -0.25) is 0 Å². The van der Waals surface area contributed by atoms with Crippen LogP contribution in [0.1, 0.15) is 99.8 Å². The average molecular weight is 359 g/mol. The summed E-state index contributed by atoms with van der Waals surface area (Å²) in [4.78, 5) is 0. The van der Waals surface area contributed by atoms with Gasteiger partial charge >= 0.3 is 0 Å². The molecule has 0 radical (unpaired) electrons. The third-order valence-corrected chi connectivity index (χ3v) is 4.19. The van der Waals surface area contributed by atoms with Gasteiger partial charge in [0.25, 0.3) is 0 Å². The van der Waals surface area contributed by atoms with Crippen LogP contribution in [0.2, 0.25) is 0 Å². The van der Waals surface area contributed by atoms with Crippen LogP contribution in [0.4, 0.5) is 0 Å². The molecule has 0 heteroatoms. The topological polar surface area (TPSA) is 0 Å². The minimum Gasteiger partial charge on any atom is -0.126 e. The molecule has 0 bridgehead atoms. The molecule has 0 aromatic rings. The van der Waals surface area contributed by atoms with E-state index in [1.807, 2.05) is 26.8 Å². The molecule has 3 aliphatic rings. The third-order valence-electron chi connectivity index (χ3n) is 4.19. The molecule has 0 amide bonds. The molecular formula is C26H46. The first kappa shape index (κ1) is 27.0. The van der Waals surface area contributed by atoms with E-state index >= 15 is 0 Å². The fourth-order valence-electron chi connectivity index (χ4n) is 2.48. The maximum absolute atomic E-state index is 3.36. The Morgan fingerprint density at radius 1 is 1.04 bits per heavy atom. The van der Waals surface area contributed by atoms with E-state index in [0.717, 1.165) is 11.8 Å². The number of hydrogen-bond donors (Lipinski definition) is 0. The van der Waals surface area contributed by atoms with Crippen LogP contribution in [0.15, 0.2) is 53.8 Å². The first-order valence-corrected chi connectivity index (χ1v) is 10.9. The maximum Gasteiger partial charge on any atom is 0.00107 e. The molecule has 0 heterocycles. The number of fused-ring (bicyclic) bond motifs is 1. The summed E-state index contributed by atoms with van der Waals surface area (Å²) in [6.07, 6.45) is 21.8. The largest absolute Gasteiger partial charge is 0.126 e. The summed E-state index contributed by atoms with van der Waals surface area (Å²) in [5, 5.41) is 0. The normalized spacial score (nSPS) is 19.7. The maximum atomic E-state index is 3.36. The zero-order chi connectivity index (χ0) is 20.2. The highest BCUT2D eigenvalue weighted by Crippen LogP contribution is 2.43. The van der Waals surface area contributed by atoms with Gasteiger partial charge in [-0.15, -0.1) is 12.3 Å². The molecule has 1 saturated carbocycles. The first-order chi connectivity index (χ1) is 12.6. The molecule has 26 heavy (non-hydrogen) atoms. The molecule has 2 atom stereocenters. The fourth-order valence-corrected chi connectivity index (χ4v) is 2.48. The van der Waals surface area contributed by atoms with Gasteiger partial charge < -0.3 is 0 Å². The summed E-state index contributed by atoms with van der Waals surface area (Å²) in [6.45, 7) is 18.0. The van der Waals surface area contributed by atoms with E-state index in [1.54, 1.807) is 6.08 Å². The Morgan fingerprint density at radius 2 is 1.50 bits per heavy atom. The van der Waals surface area contributed by atoms with Crippen LogP contribution in [0, 0.1) is 11.8 Å². The predicted molar refractivity (Wildman–Crippen MR) is 123 cm³/mol. The molecular weight excluding hydrogens is 312 g/mol. The Kier molecular flexibility index (Phi) is 20.8. The van der Waals surface area contributed by atoms with Crippen molar-refractivity contribution < 1.29 is 0 Å². The minimum absolute atomic E-state index is 0.929. The van der Waals surface area contributed by atoms with Crippen LogP contribution in [0.3, 0.4) is 0 Å². The molecule has 3 aliphatic carbocycles. The van der Waals surface area contributed by atoms with Crippen LogP contribution in [0.5, 0.6) is 0 Å². The van der Waals surface area contributed by atoms with Gasteiger partial charge in [0.15, 0.2) is 0 Å². The Balaban J connectivity index is 0. The second-order valence-electron chi connectivity index (χ2n) is 6.99. The van der Waals surface area contributed by atoms with E-state index in [9.17, 15) is 0 Å². The van der Waals surface area contributed by atoms with E-state index in [4.69, 9.17) is 0 Å². The molecule has 2 unspecified atom stereocenters. The van der Waals surface area contributed by atoms with Gasteiger partial charge in [-0.2, -0.15) is 0 Å². The van der Waals surface area contributed by atoms with Gasteiger partial charge in [0.05, 0.1) is 0 Å². The second-order valence-corrected chi connectivity index (χ2v) is 6.99. The Bertz CT molecular complexity index is 435. The van der Waals surface area contributed by atoms with Crippen molar-refractivity contribution in [3.05, 3.63) is 53.8 Å². The molecule has 3 rings (SSSR count). The van der Waals surface area contributed by atoms with E-state index < -0.39 is 0 Å². The van der Waals surface area contributed by atoms with Crippen LogP contribution in [0.25, 0.3) is 0 Å². The van der Waals surface area contributed by atoms with Crippen LogP contribution in [-0.2, 0) is 0 Å². The molecule has 0 saturated heterocycles. The average Bonchev–Trinajstić information content (AvgIpc) is 3.39. The third kappa shape index (κ3) is 17.6. The van der Waals surface area contributed by atoms with Crippen molar-refractivity contribution in [3.63, 3.8) is 0 Å². The molecule has 0 nitrogen and oxygen atoms in total. The molecule has 0 aromatic carbocycles. The van der Waals surface area contributed by atoms with Crippen LogP contribution >= 0.6 is 0 Å². The van der Waals surface area contributed by atoms with Crippen molar-refractivity contribution >= 4 is 0 Å². The number of rotatable bonds is 5. The Hall–Kier alpha value is -1.26. The summed E-state index contributed by atoms with van der Waals surface area (Å²) in [5.41, 5.74) is 5.83. The van der Waals surface area contributed by atoms with Gasteiger partial charge in [0.2, 0.25) is 0 Å². The molecule has 1 fully saturated rings. The number of allylic oxidation sites excluding steroid dienone is 6. The molecule has 0 N–H and O–H groups in total. The van der Waals surface area contributed by atoms with Gasteiger partial charge in [-0.05, 0) is 50.7 Å². The lowest BCUT2D eigenvalue weighted by atomic mass is 10.1. The van der Waals surface area contributed by atoms with Gasteiger partial charge in [-0.25, -0.2) is 0 Å². The van der Waals surface area contributed by atoms with Gasteiger partial charge in [0.1, 0.15) is 0 Å². The van der Waals surface area contributed by atoms with Crippen molar-refractivity contribution in [1.82, 2.24) is 0 Å². The van der Waals surface area contributed by atoms with Crippen molar-refractivity contribution in [2.24, 2.45) is 11.8 Å². The summed E-state index contributed by atoms with van der Waals surface area (Å²) in [6, 6.07) is 0. The lowest BCUT2D eigenvalue weighted by Gasteiger charge is -1.96. The smallest absolute Gasteiger partial charge is 0.00107 e. The Morgan fingerprint density at radius 3 is 1.77 bits per heavy atom. The summed E-state index contributed by atoms with van der Waals surface area (Å²) < 4.78 is 0. The SMILES string of the molecule is C=CC.CC.CC1=C=CC1.CC1=CC2CC2C=C1.CCCCCCCC. The lowest BCUT2D eigenvalue weighted by Crippen LogP contribution is -1.81. The highest BCUT2D eigenvalue weighted by atomic mass is 14.4. The highest BCUT2D eigenvalue weighted by Gasteiger charge is 2.33. The molecule has 0 aliphatic heterocycles. The van der Waals surface area contributed by atoms with E-state index in [2.05, 4.69) is 58.2 Å². The summed E-state index contributed by atoms with van der Waals surface area (Å²) in [5.74, 6) is 1.86. The van der Waals surface area contributed by atoms with Crippen molar-refractivity contribution in [3.8, 4) is 0 Å². The van der Waals surface area contributed by atoms with Gasteiger partial charge in [-0.1, -0.05) is 96.1 Å². The lowest BCUT2D eigenvalue weighted by molar-refractivity contribution is 0.624. The summed E-state index contributed by atoms with van der Waals surface area (Å²) >= 11 is 0. The van der Waals surface area contributed by atoms with Crippen molar-refractivity contribution in [2.45, 2.75) is 99.8 Å². The van der Waals surface area contributed by atoms with E-state index in [0.29, 0.717) is 0 Å². The minimum atomic E-state index is 0.929. The van der Waals surface area contributed by atoms with E-state index in [-0.39, 0.29) is 0 Å². The van der Waals surface area contributed by atoms with Crippen LogP contribution in [-0.4, -0.2) is 0 Å². The summed E-state index contributed by atoms with van der Waals surface area (Å²) in [7, 11) is 0. The second kappa shape index (κ2) is 20.1. The van der Waals surface area contributed by atoms with Gasteiger partial charge in [0, 0.05) is 6.42 Å².